The standard InChI is InChI=1S/C14H27NO2S/c1-13(2,3)9-11(16)7-8-12(17)15-10-14(4,5)18-6/h7-10H2,1-6H3,(H,15,17). The van der Waals surface area contributed by atoms with Crippen molar-refractivity contribution < 1.29 is 9.59 Å². The number of carbonyl (C=O) groups is 2. The van der Waals surface area contributed by atoms with Gasteiger partial charge >= 0.3 is 0 Å². The predicted octanol–water partition coefficient (Wildman–Crippen LogP) is 3.03. The van der Waals surface area contributed by atoms with Gasteiger partial charge < -0.3 is 5.32 Å². The summed E-state index contributed by atoms with van der Waals surface area (Å²) in [5.74, 6) is 0.140. The minimum absolute atomic E-state index is 0.00833. The van der Waals surface area contributed by atoms with Crippen molar-refractivity contribution in [3.8, 4) is 0 Å². The van der Waals surface area contributed by atoms with Crippen molar-refractivity contribution in [2.45, 2.75) is 58.6 Å². The van der Waals surface area contributed by atoms with Gasteiger partial charge in [-0.1, -0.05) is 20.8 Å². The average molecular weight is 273 g/mol. The van der Waals surface area contributed by atoms with Crippen molar-refractivity contribution in [1.82, 2.24) is 5.32 Å². The van der Waals surface area contributed by atoms with Crippen LogP contribution in [0.5, 0.6) is 0 Å². The quantitative estimate of drug-likeness (QED) is 0.775. The number of amides is 1. The molecule has 0 aliphatic heterocycles. The number of carbonyl (C=O) groups excluding carboxylic acids is 2. The van der Waals surface area contributed by atoms with Gasteiger partial charge in [-0.05, 0) is 25.5 Å². The molecule has 0 saturated heterocycles. The summed E-state index contributed by atoms with van der Waals surface area (Å²) < 4.78 is 0.0467. The highest BCUT2D eigenvalue weighted by Crippen LogP contribution is 2.21. The van der Waals surface area contributed by atoms with E-state index in [2.05, 4.69) is 19.2 Å². The molecule has 106 valence electrons. The molecule has 0 bridgehead atoms. The van der Waals surface area contributed by atoms with Crippen LogP contribution in [0.15, 0.2) is 0 Å². The summed E-state index contributed by atoms with van der Waals surface area (Å²) in [6.07, 6.45) is 3.22. The molecule has 18 heavy (non-hydrogen) atoms. The Labute approximate surface area is 115 Å². The van der Waals surface area contributed by atoms with Crippen LogP contribution in [0.4, 0.5) is 0 Å². The highest BCUT2D eigenvalue weighted by atomic mass is 32.2. The third kappa shape index (κ3) is 9.51. The topological polar surface area (TPSA) is 46.2 Å². The number of hydrogen-bond acceptors (Lipinski definition) is 3. The molecular formula is C14H27NO2S. The molecule has 4 heteroatoms. The first-order chi connectivity index (χ1) is 8.06. The highest BCUT2D eigenvalue weighted by Gasteiger charge is 2.19. The Balaban J connectivity index is 3.88. The third-order valence-corrected chi connectivity index (χ3v) is 3.87. The monoisotopic (exact) mass is 273 g/mol. The molecule has 0 saturated carbocycles. The van der Waals surface area contributed by atoms with Gasteiger partial charge in [-0.3, -0.25) is 9.59 Å². The fraction of sp³-hybridized carbons (Fsp3) is 0.857. The van der Waals surface area contributed by atoms with Crippen molar-refractivity contribution in [1.29, 1.82) is 0 Å². The molecule has 0 spiro atoms. The zero-order valence-corrected chi connectivity index (χ0v) is 13.4. The van der Waals surface area contributed by atoms with Gasteiger partial charge in [0.15, 0.2) is 0 Å². The SMILES string of the molecule is CSC(C)(C)CNC(=O)CCC(=O)CC(C)(C)C. The van der Waals surface area contributed by atoms with Gasteiger partial charge in [0.05, 0.1) is 0 Å². The lowest BCUT2D eigenvalue weighted by Crippen LogP contribution is -2.36. The largest absolute Gasteiger partial charge is 0.355 e. The molecule has 0 aromatic heterocycles. The second-order valence-electron chi connectivity index (χ2n) is 6.52. The molecule has 0 heterocycles. The van der Waals surface area contributed by atoms with Crippen molar-refractivity contribution >= 4 is 23.5 Å². The van der Waals surface area contributed by atoms with Crippen LogP contribution in [0, 0.1) is 5.41 Å². The van der Waals surface area contributed by atoms with Crippen LogP contribution in [0.25, 0.3) is 0 Å². The van der Waals surface area contributed by atoms with E-state index in [0.29, 0.717) is 25.8 Å². The summed E-state index contributed by atoms with van der Waals surface area (Å²) in [5, 5.41) is 2.88. The first-order valence-corrected chi connectivity index (χ1v) is 7.62. The van der Waals surface area contributed by atoms with E-state index in [1.807, 2.05) is 27.0 Å². The van der Waals surface area contributed by atoms with Crippen molar-refractivity contribution in [3.63, 3.8) is 0 Å². The number of thioether (sulfide) groups is 1. The molecule has 0 aliphatic carbocycles. The van der Waals surface area contributed by atoms with Crippen LogP contribution >= 0.6 is 11.8 Å². The van der Waals surface area contributed by atoms with Gasteiger partial charge in [-0.15, -0.1) is 0 Å². The molecule has 0 rings (SSSR count). The minimum atomic E-state index is -0.0283. The van der Waals surface area contributed by atoms with E-state index in [-0.39, 0.29) is 21.9 Å². The zero-order valence-electron chi connectivity index (χ0n) is 12.6. The lowest BCUT2D eigenvalue weighted by atomic mass is 9.89. The summed E-state index contributed by atoms with van der Waals surface area (Å²) in [5.41, 5.74) is 0.00833. The molecule has 1 N–H and O–H groups in total. The molecule has 3 nitrogen and oxygen atoms in total. The van der Waals surface area contributed by atoms with Gasteiger partial charge in [-0.25, -0.2) is 0 Å². The molecule has 0 atom stereocenters. The molecule has 0 aliphatic rings. The molecular weight excluding hydrogens is 246 g/mol. The van der Waals surface area contributed by atoms with E-state index in [1.165, 1.54) is 0 Å². The van der Waals surface area contributed by atoms with Crippen molar-refractivity contribution in [2.75, 3.05) is 12.8 Å². The summed E-state index contributed by atoms with van der Waals surface area (Å²) in [4.78, 5) is 23.2. The Hall–Kier alpha value is -0.510. The molecule has 0 aromatic carbocycles. The fourth-order valence-electron chi connectivity index (χ4n) is 1.40. The van der Waals surface area contributed by atoms with Crippen LogP contribution in [0.2, 0.25) is 0 Å². The number of hydrogen-bond donors (Lipinski definition) is 1. The van der Waals surface area contributed by atoms with E-state index in [0.717, 1.165) is 0 Å². The highest BCUT2D eigenvalue weighted by molar-refractivity contribution is 7.99. The van der Waals surface area contributed by atoms with E-state index in [9.17, 15) is 9.59 Å². The first-order valence-electron chi connectivity index (χ1n) is 6.39. The Morgan fingerprint density at radius 1 is 1.06 bits per heavy atom. The number of Topliss-reactive ketones (excluding diaryl/α,β-unsaturated/α-hetero) is 1. The summed E-state index contributed by atoms with van der Waals surface area (Å²) in [7, 11) is 0. The zero-order chi connectivity index (χ0) is 14.4. The Morgan fingerprint density at radius 3 is 2.06 bits per heavy atom. The Morgan fingerprint density at radius 2 is 1.61 bits per heavy atom. The van der Waals surface area contributed by atoms with E-state index in [1.54, 1.807) is 11.8 Å². The molecule has 0 unspecified atom stereocenters. The van der Waals surface area contributed by atoms with Gasteiger partial charge in [-0.2, -0.15) is 11.8 Å². The molecule has 0 aromatic rings. The lowest BCUT2D eigenvalue weighted by molar-refractivity contribution is -0.126. The van der Waals surface area contributed by atoms with E-state index >= 15 is 0 Å². The van der Waals surface area contributed by atoms with E-state index in [4.69, 9.17) is 0 Å². The second-order valence-corrected chi connectivity index (χ2v) is 8.03. The lowest BCUT2D eigenvalue weighted by Gasteiger charge is -2.22. The first kappa shape index (κ1) is 17.5. The van der Waals surface area contributed by atoms with Gasteiger partial charge in [0.25, 0.3) is 0 Å². The Kier molecular flexibility index (Phi) is 6.97. The van der Waals surface area contributed by atoms with Crippen LogP contribution in [0.1, 0.15) is 53.9 Å². The smallest absolute Gasteiger partial charge is 0.220 e. The summed E-state index contributed by atoms with van der Waals surface area (Å²) in [6, 6.07) is 0. The van der Waals surface area contributed by atoms with Crippen LogP contribution in [-0.4, -0.2) is 29.2 Å². The van der Waals surface area contributed by atoms with Crippen LogP contribution < -0.4 is 5.32 Å². The average Bonchev–Trinajstić information content (AvgIpc) is 2.21. The molecule has 1 amide bonds. The minimum Gasteiger partial charge on any atom is -0.355 e. The van der Waals surface area contributed by atoms with E-state index < -0.39 is 0 Å². The summed E-state index contributed by atoms with van der Waals surface area (Å²) in [6.45, 7) is 10.9. The maximum absolute atomic E-state index is 11.6. The van der Waals surface area contributed by atoms with Gasteiger partial charge in [0.1, 0.15) is 5.78 Å². The van der Waals surface area contributed by atoms with Gasteiger partial charge in [0.2, 0.25) is 5.91 Å². The maximum atomic E-state index is 11.6. The number of ketones is 1. The molecule has 0 fully saturated rings. The number of nitrogens with one attached hydrogen (secondary N) is 1. The van der Waals surface area contributed by atoms with Gasteiger partial charge in [0, 0.05) is 30.6 Å². The molecule has 0 radical (unpaired) electrons. The predicted molar refractivity (Wildman–Crippen MR) is 78.9 cm³/mol. The number of rotatable bonds is 7. The Bertz CT molecular complexity index is 293. The summed E-state index contributed by atoms with van der Waals surface area (Å²) >= 11 is 1.72. The maximum Gasteiger partial charge on any atom is 0.220 e. The van der Waals surface area contributed by atoms with Crippen molar-refractivity contribution in [3.05, 3.63) is 0 Å². The normalized spacial score (nSPS) is 12.3. The van der Waals surface area contributed by atoms with Crippen molar-refractivity contribution in [2.24, 2.45) is 5.41 Å². The third-order valence-electron chi connectivity index (χ3n) is 2.62. The second kappa shape index (κ2) is 7.17. The fourth-order valence-corrected chi connectivity index (χ4v) is 1.62. The van der Waals surface area contributed by atoms with Crippen LogP contribution in [-0.2, 0) is 9.59 Å². The van der Waals surface area contributed by atoms with Crippen LogP contribution in [0.3, 0.4) is 0 Å².